The Bertz CT molecular complexity index is 433. The molecule has 5 heteroatoms. The van der Waals surface area contributed by atoms with Crippen molar-refractivity contribution in [3.05, 3.63) is 29.3 Å². The van der Waals surface area contributed by atoms with E-state index in [1.54, 1.807) is 6.07 Å². The molecule has 0 aliphatic rings. The highest BCUT2D eigenvalue weighted by Gasteiger charge is 2.44. The van der Waals surface area contributed by atoms with Crippen LogP contribution in [0.15, 0.2) is 18.2 Å². The molecule has 0 saturated carbocycles. The maximum Gasteiger partial charge on any atom is 0.382 e. The second kappa shape index (κ2) is 5.80. The van der Waals surface area contributed by atoms with E-state index in [4.69, 9.17) is 5.73 Å². The molecule has 2 N–H and O–H groups in total. The van der Waals surface area contributed by atoms with Crippen LogP contribution in [0, 0.1) is 0 Å². The Kier molecular flexibility index (Phi) is 4.64. The van der Waals surface area contributed by atoms with Gasteiger partial charge in [-0.3, -0.25) is 0 Å². The molecule has 100 valence electrons. The van der Waals surface area contributed by atoms with Crippen LogP contribution in [0.1, 0.15) is 31.4 Å². The summed E-state index contributed by atoms with van der Waals surface area (Å²) in [5, 5.41) is 0. The lowest BCUT2D eigenvalue weighted by Gasteiger charge is -2.17. The number of ether oxygens (including phenoxy) is 1. The highest BCUT2D eigenvalue weighted by molar-refractivity contribution is 5.81. The molecule has 0 saturated heterocycles. The number of nitrogens with two attached hydrogens (primary N) is 1. The zero-order valence-electron chi connectivity index (χ0n) is 10.5. The fourth-order valence-corrected chi connectivity index (χ4v) is 1.65. The summed E-state index contributed by atoms with van der Waals surface area (Å²) in [4.78, 5) is 11.3. The highest BCUT2D eigenvalue weighted by Crippen LogP contribution is 2.34. The Balaban J connectivity index is 3.13. The summed E-state index contributed by atoms with van der Waals surface area (Å²) in [6, 6.07) is 4.35. The Morgan fingerprint density at radius 3 is 2.61 bits per heavy atom. The van der Waals surface area contributed by atoms with E-state index >= 15 is 0 Å². The number of aryl methyl sites for hydroxylation is 1. The van der Waals surface area contributed by atoms with Crippen molar-refractivity contribution >= 4 is 11.7 Å². The predicted octanol–water partition coefficient (Wildman–Crippen LogP) is 2.88. The molecule has 0 fully saturated rings. The molecule has 0 spiro atoms. The SMILES string of the molecule is CCCc1ccc(N)c(C(F)(F)C(=O)OCC)c1. The van der Waals surface area contributed by atoms with E-state index in [1.807, 2.05) is 6.92 Å². The maximum absolute atomic E-state index is 13.9. The van der Waals surface area contributed by atoms with Crippen LogP contribution in [0.3, 0.4) is 0 Å². The van der Waals surface area contributed by atoms with Gasteiger partial charge in [-0.15, -0.1) is 0 Å². The van der Waals surface area contributed by atoms with E-state index in [0.29, 0.717) is 6.42 Å². The second-order valence-corrected chi connectivity index (χ2v) is 3.97. The summed E-state index contributed by atoms with van der Waals surface area (Å²) in [7, 11) is 0. The van der Waals surface area contributed by atoms with Crippen molar-refractivity contribution in [2.45, 2.75) is 32.6 Å². The summed E-state index contributed by atoms with van der Waals surface area (Å²) in [6.07, 6.45) is 1.49. The molecule has 0 aromatic heterocycles. The minimum Gasteiger partial charge on any atom is -0.461 e. The average Bonchev–Trinajstić information content (AvgIpc) is 2.32. The number of benzene rings is 1. The van der Waals surface area contributed by atoms with Gasteiger partial charge in [0.05, 0.1) is 12.2 Å². The van der Waals surface area contributed by atoms with Crippen molar-refractivity contribution in [3.63, 3.8) is 0 Å². The molecular weight excluding hydrogens is 240 g/mol. The first-order chi connectivity index (χ1) is 8.43. The zero-order chi connectivity index (χ0) is 13.8. The fraction of sp³-hybridized carbons (Fsp3) is 0.462. The van der Waals surface area contributed by atoms with E-state index in [1.165, 1.54) is 19.1 Å². The van der Waals surface area contributed by atoms with Gasteiger partial charge < -0.3 is 10.5 Å². The normalized spacial score (nSPS) is 11.3. The number of alkyl halides is 2. The third-order valence-electron chi connectivity index (χ3n) is 2.53. The molecule has 1 aromatic rings. The van der Waals surface area contributed by atoms with Gasteiger partial charge in [0, 0.05) is 5.69 Å². The first-order valence-corrected chi connectivity index (χ1v) is 5.87. The molecular formula is C13H17F2NO2. The molecule has 0 unspecified atom stereocenters. The van der Waals surface area contributed by atoms with Crippen molar-refractivity contribution in [2.24, 2.45) is 0 Å². The van der Waals surface area contributed by atoms with E-state index in [-0.39, 0.29) is 12.3 Å². The number of hydrogen-bond acceptors (Lipinski definition) is 3. The lowest BCUT2D eigenvalue weighted by Crippen LogP contribution is -2.29. The molecule has 0 heterocycles. The topological polar surface area (TPSA) is 52.3 Å². The van der Waals surface area contributed by atoms with Gasteiger partial charge in [-0.1, -0.05) is 19.4 Å². The van der Waals surface area contributed by atoms with Gasteiger partial charge in [0.1, 0.15) is 0 Å². The zero-order valence-corrected chi connectivity index (χ0v) is 10.5. The van der Waals surface area contributed by atoms with E-state index < -0.39 is 17.5 Å². The largest absolute Gasteiger partial charge is 0.461 e. The summed E-state index contributed by atoms with van der Waals surface area (Å²) < 4.78 is 32.1. The fourth-order valence-electron chi connectivity index (χ4n) is 1.65. The van der Waals surface area contributed by atoms with Crippen molar-refractivity contribution in [1.29, 1.82) is 0 Å². The van der Waals surface area contributed by atoms with Crippen LogP contribution in [0.4, 0.5) is 14.5 Å². The van der Waals surface area contributed by atoms with Gasteiger partial charge in [0.15, 0.2) is 0 Å². The molecule has 1 aromatic carbocycles. The Labute approximate surface area is 105 Å². The smallest absolute Gasteiger partial charge is 0.382 e. The van der Waals surface area contributed by atoms with Gasteiger partial charge in [-0.25, -0.2) is 4.79 Å². The standard InChI is InChI=1S/C13H17F2NO2/c1-3-5-9-6-7-11(16)10(8-9)13(14,15)12(17)18-4-2/h6-8H,3-5,16H2,1-2H3. The van der Waals surface area contributed by atoms with E-state index in [9.17, 15) is 13.6 Å². The van der Waals surface area contributed by atoms with Gasteiger partial charge in [-0.2, -0.15) is 8.78 Å². The molecule has 0 bridgehead atoms. The first kappa shape index (κ1) is 14.4. The molecule has 0 aliphatic heterocycles. The number of halogens is 2. The predicted molar refractivity (Wildman–Crippen MR) is 65.4 cm³/mol. The number of anilines is 1. The monoisotopic (exact) mass is 257 g/mol. The average molecular weight is 257 g/mol. The van der Waals surface area contributed by atoms with Crippen LogP contribution < -0.4 is 5.73 Å². The minimum atomic E-state index is -3.70. The maximum atomic E-state index is 13.9. The molecule has 0 radical (unpaired) electrons. The van der Waals surface area contributed by atoms with Crippen molar-refractivity contribution in [2.75, 3.05) is 12.3 Å². The third-order valence-corrected chi connectivity index (χ3v) is 2.53. The third kappa shape index (κ3) is 2.97. The van der Waals surface area contributed by atoms with Crippen LogP contribution in [-0.4, -0.2) is 12.6 Å². The van der Waals surface area contributed by atoms with Gasteiger partial charge in [0.2, 0.25) is 0 Å². The minimum absolute atomic E-state index is 0.0943. The number of nitrogen functional groups attached to an aromatic ring is 1. The number of carbonyl (C=O) groups is 1. The van der Waals surface area contributed by atoms with E-state index in [0.717, 1.165) is 12.0 Å². The Morgan fingerprint density at radius 2 is 2.06 bits per heavy atom. The molecule has 1 rings (SSSR count). The van der Waals surface area contributed by atoms with Crippen molar-refractivity contribution in [1.82, 2.24) is 0 Å². The second-order valence-electron chi connectivity index (χ2n) is 3.97. The number of esters is 1. The van der Waals surface area contributed by atoms with Crippen LogP contribution in [-0.2, 0) is 21.9 Å². The number of hydrogen-bond donors (Lipinski definition) is 1. The van der Waals surface area contributed by atoms with Crippen molar-refractivity contribution in [3.8, 4) is 0 Å². The van der Waals surface area contributed by atoms with Gasteiger partial charge in [-0.05, 0) is 31.0 Å². The van der Waals surface area contributed by atoms with Crippen LogP contribution >= 0.6 is 0 Å². The summed E-state index contributed by atoms with van der Waals surface area (Å²) >= 11 is 0. The Hall–Kier alpha value is -1.65. The molecule has 0 amide bonds. The lowest BCUT2D eigenvalue weighted by molar-refractivity contribution is -0.173. The molecule has 0 aliphatic carbocycles. The summed E-state index contributed by atoms with van der Waals surface area (Å²) in [5.41, 5.74) is 5.66. The van der Waals surface area contributed by atoms with Crippen molar-refractivity contribution < 1.29 is 18.3 Å². The summed E-state index contributed by atoms with van der Waals surface area (Å²) in [6.45, 7) is 3.33. The van der Waals surface area contributed by atoms with Gasteiger partial charge in [0.25, 0.3) is 0 Å². The Morgan fingerprint density at radius 1 is 1.39 bits per heavy atom. The molecule has 3 nitrogen and oxygen atoms in total. The van der Waals surface area contributed by atoms with Crippen LogP contribution in [0.5, 0.6) is 0 Å². The van der Waals surface area contributed by atoms with Gasteiger partial charge >= 0.3 is 11.9 Å². The highest BCUT2D eigenvalue weighted by atomic mass is 19.3. The quantitative estimate of drug-likeness (QED) is 0.651. The van der Waals surface area contributed by atoms with E-state index in [2.05, 4.69) is 4.74 Å². The number of carbonyl (C=O) groups excluding carboxylic acids is 1. The van der Waals surface area contributed by atoms with Crippen LogP contribution in [0.2, 0.25) is 0 Å². The summed E-state index contributed by atoms with van der Waals surface area (Å²) in [5.74, 6) is -5.27. The lowest BCUT2D eigenvalue weighted by atomic mass is 10.0. The van der Waals surface area contributed by atoms with Crippen LogP contribution in [0.25, 0.3) is 0 Å². The molecule has 0 atom stereocenters. The number of rotatable bonds is 5. The molecule has 18 heavy (non-hydrogen) atoms. The first-order valence-electron chi connectivity index (χ1n) is 5.87.